The number of benzene rings is 1. The number of nitrogens with two attached hydrogens (primary N) is 1. The number of aromatic nitrogens is 4. The molecule has 32 heavy (non-hydrogen) atoms. The van der Waals surface area contributed by atoms with Gasteiger partial charge in [0.1, 0.15) is 11.2 Å². The van der Waals surface area contributed by atoms with Gasteiger partial charge in [0.05, 0.1) is 12.2 Å². The van der Waals surface area contributed by atoms with E-state index in [0.29, 0.717) is 35.7 Å². The second-order valence-corrected chi connectivity index (χ2v) is 8.96. The number of carbonyl (C=O) groups is 1. The summed E-state index contributed by atoms with van der Waals surface area (Å²) in [7, 11) is 0. The van der Waals surface area contributed by atoms with Crippen molar-refractivity contribution in [3.63, 3.8) is 0 Å². The number of amides is 1. The first-order chi connectivity index (χ1) is 15.5. The molecule has 5 rings (SSSR count). The van der Waals surface area contributed by atoms with Gasteiger partial charge in [-0.3, -0.25) is 14.5 Å². The Hall–Kier alpha value is -3.04. The maximum absolute atomic E-state index is 12.8. The molecule has 9 nitrogen and oxygen atoms in total. The van der Waals surface area contributed by atoms with Crippen molar-refractivity contribution in [2.24, 2.45) is 11.7 Å². The van der Waals surface area contributed by atoms with Crippen molar-refractivity contribution < 1.29 is 9.53 Å². The first-order valence-corrected chi connectivity index (χ1v) is 11.2. The van der Waals surface area contributed by atoms with Crippen molar-refractivity contribution >= 4 is 16.9 Å². The maximum Gasteiger partial charge on any atom is 0.262 e. The van der Waals surface area contributed by atoms with E-state index in [-0.39, 0.29) is 17.5 Å². The summed E-state index contributed by atoms with van der Waals surface area (Å²) in [5.74, 6) is 0.794. The minimum absolute atomic E-state index is 0.129. The number of carbonyl (C=O) groups excluding carboxylic acids is 1. The molecule has 1 amide bonds. The lowest BCUT2D eigenvalue weighted by Gasteiger charge is -2.23. The van der Waals surface area contributed by atoms with E-state index in [9.17, 15) is 9.59 Å². The van der Waals surface area contributed by atoms with Crippen molar-refractivity contribution in [1.82, 2.24) is 24.6 Å². The molecule has 4 heterocycles. The molecular formula is C23H28N6O3. The minimum Gasteiger partial charge on any atom is -0.381 e. The molecule has 0 radical (unpaired) electrons. The number of primary amides is 1. The van der Waals surface area contributed by atoms with Crippen molar-refractivity contribution in [2.75, 3.05) is 26.3 Å². The lowest BCUT2D eigenvalue weighted by Crippen LogP contribution is -2.23. The smallest absolute Gasteiger partial charge is 0.262 e. The Kier molecular flexibility index (Phi) is 5.52. The van der Waals surface area contributed by atoms with Crippen LogP contribution in [0.1, 0.15) is 53.5 Å². The third-order valence-corrected chi connectivity index (χ3v) is 6.70. The number of hydrogen-bond donors (Lipinski definition) is 2. The van der Waals surface area contributed by atoms with Crippen LogP contribution in [0.4, 0.5) is 0 Å². The molecule has 9 heteroatoms. The summed E-state index contributed by atoms with van der Waals surface area (Å²) >= 11 is 0. The third kappa shape index (κ3) is 3.93. The summed E-state index contributed by atoms with van der Waals surface area (Å²) < 4.78 is 7.38. The molecule has 168 valence electrons. The first-order valence-electron chi connectivity index (χ1n) is 11.2. The van der Waals surface area contributed by atoms with Gasteiger partial charge in [0, 0.05) is 44.3 Å². The Morgan fingerprint density at radius 1 is 1.22 bits per heavy atom. The second-order valence-electron chi connectivity index (χ2n) is 8.96. The van der Waals surface area contributed by atoms with Crippen LogP contribution in [-0.2, 0) is 11.3 Å². The van der Waals surface area contributed by atoms with E-state index >= 15 is 0 Å². The van der Waals surface area contributed by atoms with Gasteiger partial charge in [-0.25, -0.2) is 9.67 Å². The van der Waals surface area contributed by atoms with Gasteiger partial charge in [0.25, 0.3) is 5.56 Å². The maximum atomic E-state index is 12.8. The van der Waals surface area contributed by atoms with Crippen LogP contribution in [0, 0.1) is 5.92 Å². The van der Waals surface area contributed by atoms with Gasteiger partial charge in [-0.1, -0.05) is 19.1 Å². The fourth-order valence-corrected chi connectivity index (χ4v) is 4.91. The molecule has 2 aromatic heterocycles. The number of ether oxygens (including phenoxy) is 1. The number of hydrogen-bond acceptors (Lipinski definition) is 6. The molecule has 3 N–H and O–H groups in total. The minimum atomic E-state index is -0.420. The van der Waals surface area contributed by atoms with Gasteiger partial charge in [0.2, 0.25) is 5.91 Å². The largest absolute Gasteiger partial charge is 0.381 e. The third-order valence-electron chi connectivity index (χ3n) is 6.70. The highest BCUT2D eigenvalue weighted by Crippen LogP contribution is 2.32. The van der Waals surface area contributed by atoms with Crippen LogP contribution in [0.2, 0.25) is 0 Å². The van der Waals surface area contributed by atoms with E-state index in [1.165, 1.54) is 0 Å². The number of H-pyrrole nitrogens is 1. The Balaban J connectivity index is 1.37. The predicted molar refractivity (Wildman–Crippen MR) is 119 cm³/mol. The summed E-state index contributed by atoms with van der Waals surface area (Å²) in [6.07, 6.45) is 3.38. The van der Waals surface area contributed by atoms with E-state index in [4.69, 9.17) is 15.5 Å². The molecule has 2 atom stereocenters. The lowest BCUT2D eigenvalue weighted by atomic mass is 9.97. The fourth-order valence-electron chi connectivity index (χ4n) is 4.91. The van der Waals surface area contributed by atoms with Gasteiger partial charge in [-0.15, -0.1) is 0 Å². The number of nitrogens with one attached hydrogen (secondary N) is 1. The lowest BCUT2D eigenvalue weighted by molar-refractivity contribution is 0.0673. The molecule has 2 saturated heterocycles. The predicted octanol–water partition coefficient (Wildman–Crippen LogP) is 1.81. The normalized spacial score (nSPS) is 22.5. The molecular weight excluding hydrogens is 408 g/mol. The number of rotatable bonds is 5. The molecule has 3 aromatic rings. The summed E-state index contributed by atoms with van der Waals surface area (Å²) in [4.78, 5) is 34.4. The quantitative estimate of drug-likeness (QED) is 0.630. The summed E-state index contributed by atoms with van der Waals surface area (Å²) in [6, 6.07) is 7.62. The van der Waals surface area contributed by atoms with E-state index in [1.54, 1.807) is 18.3 Å². The summed E-state index contributed by atoms with van der Waals surface area (Å²) in [6.45, 7) is 6.09. The van der Waals surface area contributed by atoms with Crippen LogP contribution in [0.5, 0.6) is 0 Å². The Morgan fingerprint density at radius 3 is 2.69 bits per heavy atom. The zero-order valence-corrected chi connectivity index (χ0v) is 18.2. The Bertz CT molecular complexity index is 1180. The van der Waals surface area contributed by atoms with Gasteiger partial charge in [0.15, 0.2) is 5.65 Å². The van der Waals surface area contributed by atoms with E-state index in [2.05, 4.69) is 21.9 Å². The monoisotopic (exact) mass is 436 g/mol. The average molecular weight is 437 g/mol. The highest BCUT2D eigenvalue weighted by atomic mass is 16.5. The molecule has 2 aliphatic heterocycles. The highest BCUT2D eigenvalue weighted by molar-refractivity contribution is 5.92. The second kappa shape index (κ2) is 8.48. The van der Waals surface area contributed by atoms with Gasteiger partial charge < -0.3 is 15.5 Å². The number of fused-ring (bicyclic) bond motifs is 1. The van der Waals surface area contributed by atoms with Crippen LogP contribution >= 0.6 is 0 Å². The van der Waals surface area contributed by atoms with Crippen LogP contribution in [0.15, 0.2) is 35.3 Å². The van der Waals surface area contributed by atoms with Crippen molar-refractivity contribution in [3.05, 3.63) is 57.8 Å². The molecule has 0 aliphatic carbocycles. The van der Waals surface area contributed by atoms with Crippen LogP contribution < -0.4 is 11.3 Å². The fraction of sp³-hybridized carbons (Fsp3) is 0.478. The highest BCUT2D eigenvalue weighted by Gasteiger charge is 2.33. The molecule has 0 spiro atoms. The number of likely N-dealkylation sites (tertiary alicyclic amines) is 1. The molecule has 1 unspecified atom stereocenters. The molecule has 2 aliphatic rings. The van der Waals surface area contributed by atoms with Gasteiger partial charge >= 0.3 is 0 Å². The van der Waals surface area contributed by atoms with Crippen molar-refractivity contribution in [1.29, 1.82) is 0 Å². The zero-order valence-electron chi connectivity index (χ0n) is 18.2. The van der Waals surface area contributed by atoms with Gasteiger partial charge in [-0.2, -0.15) is 5.10 Å². The molecule has 0 bridgehead atoms. The SMILES string of the molecule is C[C@H]1CN(Cc2ccc(C(N)=O)cc2)CC1c1nc2c(cnn2C2CCOCC2)c(=O)[nH]1. The van der Waals surface area contributed by atoms with E-state index < -0.39 is 5.91 Å². The molecule has 1 aromatic carbocycles. The Labute approximate surface area is 185 Å². The number of nitrogens with zero attached hydrogens (tertiary/aromatic N) is 4. The average Bonchev–Trinajstić information content (AvgIpc) is 3.38. The summed E-state index contributed by atoms with van der Waals surface area (Å²) in [5, 5.41) is 5.03. The van der Waals surface area contributed by atoms with Crippen molar-refractivity contribution in [2.45, 2.75) is 38.3 Å². The van der Waals surface area contributed by atoms with Crippen LogP contribution in [0.25, 0.3) is 11.0 Å². The standard InChI is InChI=1S/C23H28N6O3/c1-14-11-28(12-15-2-4-16(5-3-15)20(24)30)13-19(14)21-26-22-18(23(31)27-21)10-25-29(22)17-6-8-32-9-7-17/h2-5,10,14,17,19H,6-9,11-13H2,1H3,(H2,24,30)(H,26,27,31)/t14-,19?/m0/s1. The Morgan fingerprint density at radius 2 is 1.97 bits per heavy atom. The van der Waals surface area contributed by atoms with Gasteiger partial charge in [-0.05, 0) is 36.5 Å². The summed E-state index contributed by atoms with van der Waals surface area (Å²) in [5.41, 5.74) is 7.51. The topological polar surface area (TPSA) is 119 Å². The zero-order chi connectivity index (χ0) is 22.2. The van der Waals surface area contributed by atoms with Crippen LogP contribution in [-0.4, -0.2) is 56.9 Å². The molecule has 2 fully saturated rings. The van der Waals surface area contributed by atoms with Crippen molar-refractivity contribution in [3.8, 4) is 0 Å². The van der Waals surface area contributed by atoms with E-state index in [1.807, 2.05) is 16.8 Å². The van der Waals surface area contributed by atoms with Crippen LogP contribution in [0.3, 0.4) is 0 Å². The first kappa shape index (κ1) is 20.8. The number of aromatic amines is 1. The van der Waals surface area contributed by atoms with E-state index in [0.717, 1.165) is 43.9 Å². The molecule has 0 saturated carbocycles.